The molecule has 0 saturated heterocycles. The van der Waals surface area contributed by atoms with Gasteiger partial charge in [-0.05, 0) is 48.9 Å². The molecule has 2 aromatic rings. The Labute approximate surface area is 118 Å². The van der Waals surface area contributed by atoms with Gasteiger partial charge in [0.1, 0.15) is 0 Å². The van der Waals surface area contributed by atoms with Gasteiger partial charge in [0.25, 0.3) is 0 Å². The van der Waals surface area contributed by atoms with Gasteiger partial charge in [0, 0.05) is 12.2 Å². The molecule has 3 rings (SSSR count). The van der Waals surface area contributed by atoms with E-state index in [4.69, 9.17) is 11.6 Å². The lowest BCUT2D eigenvalue weighted by Crippen LogP contribution is -2.27. The first-order chi connectivity index (χ1) is 9.24. The highest BCUT2D eigenvalue weighted by Gasteiger charge is 2.19. The number of anilines is 1. The largest absolute Gasteiger partial charge is 0.379 e. The predicted octanol–water partition coefficient (Wildman–Crippen LogP) is 4.01. The molecular formula is C16H17ClN2. The fourth-order valence-corrected chi connectivity index (χ4v) is 2.98. The molecule has 19 heavy (non-hydrogen) atoms. The highest BCUT2D eigenvalue weighted by atomic mass is 35.5. The lowest BCUT2D eigenvalue weighted by molar-refractivity contribution is 0.610. The topological polar surface area (TPSA) is 24.9 Å². The number of rotatable bonds is 2. The van der Waals surface area contributed by atoms with Gasteiger partial charge in [-0.25, -0.2) is 4.98 Å². The maximum atomic E-state index is 6.18. The minimum Gasteiger partial charge on any atom is -0.379 e. The van der Waals surface area contributed by atoms with E-state index in [9.17, 15) is 0 Å². The van der Waals surface area contributed by atoms with Gasteiger partial charge in [-0.1, -0.05) is 35.9 Å². The lowest BCUT2D eigenvalue weighted by atomic mass is 9.88. The first-order valence-electron chi connectivity index (χ1n) is 6.68. The van der Waals surface area contributed by atoms with Crippen LogP contribution < -0.4 is 5.32 Å². The van der Waals surface area contributed by atoms with Crippen molar-refractivity contribution < 1.29 is 0 Å². The zero-order chi connectivity index (χ0) is 13.2. The van der Waals surface area contributed by atoms with E-state index in [1.165, 1.54) is 11.1 Å². The smallest absolute Gasteiger partial charge is 0.152 e. The van der Waals surface area contributed by atoms with Crippen molar-refractivity contribution in [1.82, 2.24) is 4.98 Å². The Morgan fingerprint density at radius 1 is 1.21 bits per heavy atom. The molecule has 98 valence electrons. The number of hydrogen-bond donors (Lipinski definition) is 1. The van der Waals surface area contributed by atoms with Gasteiger partial charge >= 0.3 is 0 Å². The molecule has 0 spiro atoms. The number of aryl methyl sites for hydroxylation is 2. The molecule has 1 aromatic carbocycles. The van der Waals surface area contributed by atoms with Crippen LogP contribution >= 0.6 is 11.6 Å². The van der Waals surface area contributed by atoms with Crippen molar-refractivity contribution in [3.05, 3.63) is 58.4 Å². The molecular weight excluding hydrogens is 256 g/mol. The molecule has 1 heterocycles. The van der Waals surface area contributed by atoms with E-state index in [1.807, 2.05) is 6.07 Å². The van der Waals surface area contributed by atoms with Crippen molar-refractivity contribution in [2.24, 2.45) is 0 Å². The summed E-state index contributed by atoms with van der Waals surface area (Å²) >= 11 is 6.18. The molecule has 2 nitrogen and oxygen atoms in total. The third kappa shape index (κ3) is 2.59. The van der Waals surface area contributed by atoms with E-state index in [0.29, 0.717) is 11.2 Å². The van der Waals surface area contributed by atoms with Crippen LogP contribution in [0.3, 0.4) is 0 Å². The summed E-state index contributed by atoms with van der Waals surface area (Å²) in [5.41, 5.74) is 5.06. The molecule has 1 N–H and O–H groups in total. The molecule has 0 aliphatic heterocycles. The summed E-state index contributed by atoms with van der Waals surface area (Å²) in [5.74, 6) is 0. The van der Waals surface area contributed by atoms with Crippen LogP contribution in [0.15, 0.2) is 36.5 Å². The molecule has 0 radical (unpaired) electrons. The summed E-state index contributed by atoms with van der Waals surface area (Å²) in [5, 5.41) is 4.13. The second-order valence-corrected chi connectivity index (χ2v) is 5.50. The van der Waals surface area contributed by atoms with Crippen LogP contribution in [-0.4, -0.2) is 11.0 Å². The molecule has 1 unspecified atom stereocenters. The second kappa shape index (κ2) is 5.22. The number of nitrogens with one attached hydrogen (secondary N) is 1. The first-order valence-corrected chi connectivity index (χ1v) is 7.06. The van der Waals surface area contributed by atoms with Crippen molar-refractivity contribution >= 4 is 17.3 Å². The average Bonchev–Trinajstić information content (AvgIpc) is 2.43. The number of halogens is 1. The summed E-state index contributed by atoms with van der Waals surface area (Å²) in [6.07, 6.45) is 5.08. The number of fused-ring (bicyclic) bond motifs is 1. The third-order valence-corrected chi connectivity index (χ3v) is 4.09. The van der Waals surface area contributed by atoms with Gasteiger partial charge in [-0.15, -0.1) is 0 Å². The average molecular weight is 273 g/mol. The number of nitrogens with zero attached hydrogens (tertiary/aromatic N) is 1. The Morgan fingerprint density at radius 3 is 2.79 bits per heavy atom. The van der Waals surface area contributed by atoms with Gasteiger partial charge < -0.3 is 5.32 Å². The first kappa shape index (κ1) is 12.5. The fourth-order valence-electron chi connectivity index (χ4n) is 2.72. The Hall–Kier alpha value is -1.54. The number of pyridine rings is 1. The minimum atomic E-state index is 0.440. The van der Waals surface area contributed by atoms with E-state index in [0.717, 1.165) is 30.5 Å². The molecule has 1 aliphatic rings. The molecule has 0 saturated carbocycles. The monoisotopic (exact) mass is 272 g/mol. The maximum Gasteiger partial charge on any atom is 0.152 e. The summed E-state index contributed by atoms with van der Waals surface area (Å²) in [4.78, 5) is 4.15. The van der Waals surface area contributed by atoms with Crippen LogP contribution in [0.25, 0.3) is 0 Å². The lowest BCUT2D eigenvalue weighted by Gasteiger charge is -2.27. The summed E-state index contributed by atoms with van der Waals surface area (Å²) < 4.78 is 0. The van der Waals surface area contributed by atoms with Gasteiger partial charge in [0.2, 0.25) is 0 Å². The normalized spacial score (nSPS) is 17.9. The van der Waals surface area contributed by atoms with Gasteiger partial charge in [-0.3, -0.25) is 0 Å². The quantitative estimate of drug-likeness (QED) is 0.836. The SMILES string of the molecule is Cc1ccnc(Cl)c1NC1CCc2ccccc2C1. The minimum absolute atomic E-state index is 0.440. The van der Waals surface area contributed by atoms with Crippen molar-refractivity contribution in [1.29, 1.82) is 0 Å². The Balaban J connectivity index is 1.79. The Morgan fingerprint density at radius 2 is 2.00 bits per heavy atom. The van der Waals surface area contributed by atoms with Gasteiger partial charge in [-0.2, -0.15) is 0 Å². The molecule has 0 amide bonds. The zero-order valence-corrected chi connectivity index (χ0v) is 11.7. The van der Waals surface area contributed by atoms with Crippen LogP contribution in [0.1, 0.15) is 23.1 Å². The van der Waals surface area contributed by atoms with Crippen LogP contribution in [0.2, 0.25) is 5.15 Å². The molecule has 0 bridgehead atoms. The van der Waals surface area contributed by atoms with Crippen LogP contribution in [0.4, 0.5) is 5.69 Å². The predicted molar refractivity (Wildman–Crippen MR) is 79.9 cm³/mol. The molecule has 3 heteroatoms. The maximum absolute atomic E-state index is 6.18. The van der Waals surface area contributed by atoms with E-state index < -0.39 is 0 Å². The van der Waals surface area contributed by atoms with Crippen molar-refractivity contribution in [3.63, 3.8) is 0 Å². The Bertz CT molecular complexity index is 575. The standard InChI is InChI=1S/C16H17ClN2/c1-11-8-9-18-16(17)15(11)19-14-7-6-12-4-2-3-5-13(12)10-14/h2-5,8-9,14,19H,6-7,10H2,1H3. The summed E-state index contributed by atoms with van der Waals surface area (Å²) in [6, 6.07) is 11.1. The summed E-state index contributed by atoms with van der Waals surface area (Å²) in [7, 11) is 0. The third-order valence-electron chi connectivity index (χ3n) is 3.81. The van der Waals surface area contributed by atoms with Gasteiger partial charge in [0.15, 0.2) is 5.15 Å². The van der Waals surface area contributed by atoms with Gasteiger partial charge in [0.05, 0.1) is 5.69 Å². The second-order valence-electron chi connectivity index (χ2n) is 5.15. The fraction of sp³-hybridized carbons (Fsp3) is 0.312. The number of benzene rings is 1. The van der Waals surface area contributed by atoms with E-state index in [-0.39, 0.29) is 0 Å². The van der Waals surface area contributed by atoms with Crippen molar-refractivity contribution in [2.45, 2.75) is 32.2 Å². The molecule has 0 fully saturated rings. The molecule has 1 aliphatic carbocycles. The number of hydrogen-bond acceptors (Lipinski definition) is 2. The zero-order valence-electron chi connectivity index (χ0n) is 11.0. The van der Waals surface area contributed by atoms with Crippen molar-refractivity contribution in [2.75, 3.05) is 5.32 Å². The van der Waals surface area contributed by atoms with Crippen molar-refractivity contribution in [3.8, 4) is 0 Å². The Kier molecular flexibility index (Phi) is 3.43. The molecule has 1 aromatic heterocycles. The van der Waals surface area contributed by atoms with Crippen LogP contribution in [0.5, 0.6) is 0 Å². The van der Waals surface area contributed by atoms with E-state index >= 15 is 0 Å². The van der Waals surface area contributed by atoms with E-state index in [2.05, 4.69) is 41.5 Å². The summed E-state index contributed by atoms with van der Waals surface area (Å²) in [6.45, 7) is 2.06. The van der Waals surface area contributed by atoms with Crippen LogP contribution in [-0.2, 0) is 12.8 Å². The highest BCUT2D eigenvalue weighted by Crippen LogP contribution is 2.28. The number of aromatic nitrogens is 1. The van der Waals surface area contributed by atoms with E-state index in [1.54, 1.807) is 6.20 Å². The molecule has 1 atom stereocenters. The van der Waals surface area contributed by atoms with Crippen LogP contribution in [0, 0.1) is 6.92 Å². The highest BCUT2D eigenvalue weighted by molar-refractivity contribution is 6.32.